The monoisotopic (exact) mass is 145 g/mol. The molecule has 0 aromatic heterocycles. The predicted molar refractivity (Wildman–Crippen MR) is 45.1 cm³/mol. The molecule has 0 aliphatic carbocycles. The van der Waals surface area contributed by atoms with Gasteiger partial charge in [0, 0.05) is 6.58 Å². The van der Waals surface area contributed by atoms with Crippen molar-refractivity contribution in [3.63, 3.8) is 0 Å². The third-order valence-corrected chi connectivity index (χ3v) is 1.69. The van der Waals surface area contributed by atoms with E-state index in [2.05, 4.69) is 6.92 Å². The molecule has 0 rings (SSSR count). The lowest BCUT2D eigenvalue weighted by molar-refractivity contribution is 0.282. The van der Waals surface area contributed by atoms with E-state index in [1.54, 1.807) is 0 Å². The van der Waals surface area contributed by atoms with Crippen molar-refractivity contribution in [2.45, 2.75) is 51.9 Å². The third-order valence-electron chi connectivity index (χ3n) is 1.69. The van der Waals surface area contributed by atoms with Gasteiger partial charge in [-0.15, -0.1) is 0 Å². The fourth-order valence-electron chi connectivity index (χ4n) is 1.02. The van der Waals surface area contributed by atoms with Crippen LogP contribution in [0, 0.1) is 0 Å². The Labute approximate surface area is 65.9 Å². The van der Waals surface area contributed by atoms with Gasteiger partial charge >= 0.3 is 0 Å². The first kappa shape index (κ1) is 8.06. The van der Waals surface area contributed by atoms with Crippen LogP contribution in [0.25, 0.3) is 0 Å². The lowest BCUT2D eigenvalue weighted by atomic mass is 10.1. The van der Waals surface area contributed by atoms with Crippen LogP contribution in [0.5, 0.6) is 0 Å². The molecule has 1 unspecified atom stereocenters. The van der Waals surface area contributed by atoms with Crippen molar-refractivity contribution in [2.24, 2.45) is 0 Å². The fourth-order valence-corrected chi connectivity index (χ4v) is 1.02. The zero-order valence-electron chi connectivity index (χ0n) is 7.97. The standard InChI is InChI=1S/C9H20O/c1-2-3-4-5-6-7-8-9-10/h10H,2-9H2,1H3/i9D. The molecule has 0 aromatic rings. The highest BCUT2D eigenvalue weighted by Gasteiger charge is 1.88. The highest BCUT2D eigenvalue weighted by molar-refractivity contribution is 4.43. The van der Waals surface area contributed by atoms with Gasteiger partial charge in [-0.2, -0.15) is 0 Å². The largest absolute Gasteiger partial charge is 0.396 e. The first-order chi connectivity index (χ1) is 5.27. The van der Waals surface area contributed by atoms with Crippen LogP contribution in [0.15, 0.2) is 0 Å². The van der Waals surface area contributed by atoms with Crippen LogP contribution >= 0.6 is 0 Å². The van der Waals surface area contributed by atoms with Gasteiger partial charge in [-0.3, -0.25) is 0 Å². The number of aliphatic hydroxyl groups is 1. The Balaban J connectivity index is 2.80. The molecule has 0 saturated carbocycles. The third kappa shape index (κ3) is 7.96. The molecule has 10 heavy (non-hydrogen) atoms. The topological polar surface area (TPSA) is 20.2 Å². The average Bonchev–Trinajstić information content (AvgIpc) is 1.96. The summed E-state index contributed by atoms with van der Waals surface area (Å²) in [6.07, 6.45) is 8.01. The molecule has 0 radical (unpaired) electrons. The van der Waals surface area contributed by atoms with Gasteiger partial charge in [0.25, 0.3) is 0 Å². The quantitative estimate of drug-likeness (QED) is 0.546. The molecule has 1 atom stereocenters. The summed E-state index contributed by atoms with van der Waals surface area (Å²) in [5, 5.41) is 8.62. The molecule has 0 heterocycles. The van der Waals surface area contributed by atoms with Crippen molar-refractivity contribution in [3.05, 3.63) is 0 Å². The van der Waals surface area contributed by atoms with Crippen LogP contribution in [0.4, 0.5) is 0 Å². The number of rotatable bonds is 7. The number of aliphatic hydroxyl groups excluding tert-OH is 1. The molecule has 0 aromatic carbocycles. The summed E-state index contributed by atoms with van der Waals surface area (Å²) in [6, 6.07) is 0. The Morgan fingerprint density at radius 3 is 2.00 bits per heavy atom. The summed E-state index contributed by atoms with van der Waals surface area (Å²) in [4.78, 5) is 0. The van der Waals surface area contributed by atoms with Gasteiger partial charge in [0.15, 0.2) is 0 Å². The summed E-state index contributed by atoms with van der Waals surface area (Å²) in [5.41, 5.74) is 0. The molecule has 0 aliphatic heterocycles. The fraction of sp³-hybridized carbons (Fsp3) is 1.00. The number of hydrogen-bond acceptors (Lipinski definition) is 1. The Hall–Kier alpha value is -0.0400. The summed E-state index contributed by atoms with van der Waals surface area (Å²) in [7, 11) is 0. The van der Waals surface area contributed by atoms with E-state index in [9.17, 15) is 0 Å². The molecule has 0 saturated heterocycles. The van der Waals surface area contributed by atoms with E-state index in [0.717, 1.165) is 6.42 Å². The van der Waals surface area contributed by atoms with Crippen molar-refractivity contribution in [2.75, 3.05) is 6.58 Å². The normalized spacial score (nSPS) is 14.8. The van der Waals surface area contributed by atoms with E-state index in [1.165, 1.54) is 32.1 Å². The molecule has 0 fully saturated rings. The van der Waals surface area contributed by atoms with E-state index >= 15 is 0 Å². The maximum atomic E-state index is 8.62. The molecular formula is C9H20O. The molecule has 0 amide bonds. The minimum Gasteiger partial charge on any atom is -0.396 e. The van der Waals surface area contributed by atoms with Crippen LogP contribution in [0.3, 0.4) is 0 Å². The highest BCUT2D eigenvalue weighted by atomic mass is 16.2. The summed E-state index contributed by atoms with van der Waals surface area (Å²) < 4.78 is 6.85. The maximum Gasteiger partial charge on any atom is 0.0564 e. The van der Waals surface area contributed by atoms with Crippen LogP contribution in [0.1, 0.15) is 53.2 Å². The highest BCUT2D eigenvalue weighted by Crippen LogP contribution is 2.05. The predicted octanol–water partition coefficient (Wildman–Crippen LogP) is 2.73. The van der Waals surface area contributed by atoms with Crippen molar-refractivity contribution in [3.8, 4) is 0 Å². The molecule has 0 bridgehead atoms. The second-order valence-corrected chi connectivity index (χ2v) is 2.74. The zero-order chi connectivity index (χ0) is 8.53. The minimum atomic E-state index is -0.846. The van der Waals surface area contributed by atoms with Crippen molar-refractivity contribution in [1.29, 1.82) is 0 Å². The maximum absolute atomic E-state index is 8.62. The van der Waals surface area contributed by atoms with E-state index < -0.39 is 6.58 Å². The van der Waals surface area contributed by atoms with Crippen molar-refractivity contribution < 1.29 is 6.48 Å². The molecule has 1 nitrogen and oxygen atoms in total. The summed E-state index contributed by atoms with van der Waals surface area (Å²) in [6.45, 7) is 1.36. The molecule has 1 heteroatoms. The molecule has 0 aliphatic rings. The Bertz CT molecular complexity index is 74.0. The molecule has 62 valence electrons. The first-order valence-electron chi connectivity index (χ1n) is 4.95. The summed E-state index contributed by atoms with van der Waals surface area (Å²) in [5.74, 6) is 0. The Kier molecular flexibility index (Phi) is 7.22. The number of hydrogen-bond donors (Lipinski definition) is 1. The van der Waals surface area contributed by atoms with Crippen molar-refractivity contribution >= 4 is 0 Å². The Morgan fingerprint density at radius 1 is 1.00 bits per heavy atom. The second-order valence-electron chi connectivity index (χ2n) is 2.74. The molecule has 1 N–H and O–H groups in total. The van der Waals surface area contributed by atoms with Gasteiger partial charge in [0.2, 0.25) is 0 Å². The van der Waals surface area contributed by atoms with Gasteiger partial charge in [-0.05, 0) is 6.42 Å². The van der Waals surface area contributed by atoms with Gasteiger partial charge in [0.1, 0.15) is 0 Å². The van der Waals surface area contributed by atoms with Gasteiger partial charge in [-0.25, -0.2) is 0 Å². The van der Waals surface area contributed by atoms with Crippen LogP contribution in [-0.2, 0) is 0 Å². The van der Waals surface area contributed by atoms with Crippen molar-refractivity contribution in [1.82, 2.24) is 0 Å². The van der Waals surface area contributed by atoms with E-state index in [-0.39, 0.29) is 0 Å². The lowest BCUT2D eigenvalue weighted by Gasteiger charge is -1.97. The minimum absolute atomic E-state index is 0.645. The van der Waals surface area contributed by atoms with Gasteiger partial charge in [0.05, 0.1) is 1.37 Å². The summed E-state index contributed by atoms with van der Waals surface area (Å²) >= 11 is 0. The smallest absolute Gasteiger partial charge is 0.0564 e. The Morgan fingerprint density at radius 2 is 1.50 bits per heavy atom. The van der Waals surface area contributed by atoms with Gasteiger partial charge in [-0.1, -0.05) is 45.4 Å². The average molecular weight is 145 g/mol. The lowest BCUT2D eigenvalue weighted by Crippen LogP contribution is -1.83. The van der Waals surface area contributed by atoms with Crippen LogP contribution in [0.2, 0.25) is 0 Å². The zero-order valence-corrected chi connectivity index (χ0v) is 6.97. The van der Waals surface area contributed by atoms with E-state index in [0.29, 0.717) is 6.42 Å². The van der Waals surface area contributed by atoms with Crippen LogP contribution < -0.4 is 0 Å². The van der Waals surface area contributed by atoms with E-state index in [4.69, 9.17) is 6.48 Å². The SMILES string of the molecule is [2H]C(O)CCCCCCCC. The van der Waals surface area contributed by atoms with Crippen LogP contribution in [-0.4, -0.2) is 11.7 Å². The van der Waals surface area contributed by atoms with E-state index in [1.807, 2.05) is 0 Å². The molecular weight excluding hydrogens is 124 g/mol. The molecule has 0 spiro atoms. The number of unbranched alkanes of at least 4 members (excludes halogenated alkanes) is 5. The second kappa shape index (κ2) is 8.96. The van der Waals surface area contributed by atoms with Gasteiger partial charge < -0.3 is 5.11 Å². The first-order valence-corrected chi connectivity index (χ1v) is 4.37.